The molecule has 0 fully saturated rings. The number of nitro benzene ring substituents is 1. The summed E-state index contributed by atoms with van der Waals surface area (Å²) in [6, 6.07) is 8.32. The molecule has 0 heterocycles. The summed E-state index contributed by atoms with van der Waals surface area (Å²) in [5, 5.41) is 12.6. The maximum atomic E-state index is 12.8. The van der Waals surface area contributed by atoms with E-state index < -0.39 is 22.3 Å². The Morgan fingerprint density at radius 3 is 2.50 bits per heavy atom. The summed E-state index contributed by atoms with van der Waals surface area (Å²) in [5.74, 6) is -1.89. The van der Waals surface area contributed by atoms with Crippen LogP contribution in [0.5, 0.6) is 0 Å². The highest BCUT2D eigenvalue weighted by molar-refractivity contribution is 6.50. The van der Waals surface area contributed by atoms with Gasteiger partial charge in [0.15, 0.2) is 0 Å². The Morgan fingerprint density at radius 2 is 1.75 bits per heavy atom. The number of nitrogens with zero attached hydrogens (tertiary/aromatic N) is 1. The first-order chi connectivity index (χ1) is 11.5. The summed E-state index contributed by atoms with van der Waals surface area (Å²) >= 11 is 0. The van der Waals surface area contributed by atoms with Gasteiger partial charge >= 0.3 is 0 Å². The molecule has 2 aromatic rings. The van der Waals surface area contributed by atoms with Crippen LogP contribution in [-0.4, -0.2) is 22.3 Å². The fourth-order valence-corrected chi connectivity index (χ4v) is 3.21. The van der Waals surface area contributed by atoms with E-state index in [0.29, 0.717) is 16.3 Å². The number of fused-ring (bicyclic) bond motifs is 3. The van der Waals surface area contributed by atoms with E-state index >= 15 is 0 Å². The Kier molecular flexibility index (Phi) is 2.83. The van der Waals surface area contributed by atoms with Crippen LogP contribution in [0.4, 0.5) is 5.69 Å². The topological polar surface area (TPSA) is 94.3 Å². The first-order valence-electron chi connectivity index (χ1n) is 7.23. The number of hydrogen-bond donors (Lipinski definition) is 0. The molecule has 0 N–H and O–H groups in total. The number of Topliss-reactive ketones (excluding diaryl/α,β-unsaturated/α-hetero) is 3. The SMILES string of the molecule is O=C1CC=C2C(=O)c3c(cc4ccccc4c3[N+](=O)[O-])C=C2C1=O. The maximum absolute atomic E-state index is 12.8. The molecular formula is C18H9NO5. The molecule has 0 radical (unpaired) electrons. The van der Waals surface area contributed by atoms with Crippen molar-refractivity contribution in [2.45, 2.75) is 6.42 Å². The Morgan fingerprint density at radius 1 is 1.00 bits per heavy atom. The molecule has 2 aromatic carbocycles. The van der Waals surface area contributed by atoms with Crippen LogP contribution in [0.2, 0.25) is 0 Å². The largest absolute Gasteiger partial charge is 0.290 e. The van der Waals surface area contributed by atoms with Crippen LogP contribution in [0.15, 0.2) is 47.6 Å². The summed E-state index contributed by atoms with van der Waals surface area (Å²) < 4.78 is 0. The number of carbonyl (C=O) groups excluding carboxylic acids is 3. The summed E-state index contributed by atoms with van der Waals surface area (Å²) in [6.07, 6.45) is 2.62. The highest BCUT2D eigenvalue weighted by atomic mass is 16.6. The fourth-order valence-electron chi connectivity index (χ4n) is 3.21. The van der Waals surface area contributed by atoms with Crippen LogP contribution >= 0.6 is 0 Å². The monoisotopic (exact) mass is 319 g/mol. The van der Waals surface area contributed by atoms with E-state index in [0.717, 1.165) is 0 Å². The molecule has 4 rings (SSSR count). The molecule has 0 atom stereocenters. The molecule has 0 amide bonds. The number of benzene rings is 2. The lowest BCUT2D eigenvalue weighted by Gasteiger charge is -2.21. The standard InChI is InChI=1S/C18H9NO5/c20-14-6-5-12-13(17(14)21)8-10-7-9-3-1-2-4-11(9)16(19(23)24)15(10)18(12)22/h1-5,7-8H,6H2. The lowest BCUT2D eigenvalue weighted by atomic mass is 9.79. The van der Waals surface area contributed by atoms with Crippen molar-refractivity contribution in [2.24, 2.45) is 0 Å². The normalized spacial score (nSPS) is 16.4. The van der Waals surface area contributed by atoms with Crippen molar-refractivity contribution in [1.82, 2.24) is 0 Å². The first-order valence-corrected chi connectivity index (χ1v) is 7.23. The molecule has 6 heteroatoms. The third-order valence-corrected chi connectivity index (χ3v) is 4.29. The molecule has 0 aromatic heterocycles. The number of hydrogen-bond acceptors (Lipinski definition) is 5. The third-order valence-electron chi connectivity index (χ3n) is 4.29. The quantitative estimate of drug-likeness (QED) is 0.457. The molecule has 0 aliphatic heterocycles. The maximum Gasteiger partial charge on any atom is 0.288 e. The number of carbonyl (C=O) groups is 3. The number of ketones is 3. The summed E-state index contributed by atoms with van der Waals surface area (Å²) in [6.45, 7) is 0. The number of rotatable bonds is 1. The molecule has 0 saturated heterocycles. The van der Waals surface area contributed by atoms with Gasteiger partial charge in [0, 0.05) is 17.6 Å². The van der Waals surface area contributed by atoms with E-state index in [2.05, 4.69) is 0 Å². The van der Waals surface area contributed by atoms with Gasteiger partial charge in [0.1, 0.15) is 5.56 Å². The van der Waals surface area contributed by atoms with Gasteiger partial charge in [0.25, 0.3) is 5.69 Å². The molecule has 6 nitrogen and oxygen atoms in total. The second-order valence-corrected chi connectivity index (χ2v) is 5.63. The Labute approximate surface area is 135 Å². The van der Waals surface area contributed by atoms with Crippen molar-refractivity contribution in [3.63, 3.8) is 0 Å². The van der Waals surface area contributed by atoms with Gasteiger partial charge in [0.2, 0.25) is 17.3 Å². The van der Waals surface area contributed by atoms with Gasteiger partial charge in [-0.05, 0) is 29.2 Å². The summed E-state index contributed by atoms with van der Waals surface area (Å²) in [5.41, 5.74) is 0.0870. The zero-order valence-electron chi connectivity index (χ0n) is 12.2. The minimum absolute atomic E-state index is 0.0216. The molecule has 0 unspecified atom stereocenters. The second kappa shape index (κ2) is 4.79. The molecule has 0 spiro atoms. The second-order valence-electron chi connectivity index (χ2n) is 5.63. The highest BCUT2D eigenvalue weighted by Crippen LogP contribution is 2.40. The van der Waals surface area contributed by atoms with Crippen molar-refractivity contribution in [3.05, 3.63) is 68.8 Å². The Balaban J connectivity index is 2.13. The van der Waals surface area contributed by atoms with E-state index in [1.807, 2.05) is 0 Å². The number of nitro groups is 1. The average Bonchev–Trinajstić information content (AvgIpc) is 2.56. The first kappa shape index (κ1) is 14.2. The molecule has 2 aliphatic rings. The van der Waals surface area contributed by atoms with E-state index in [1.54, 1.807) is 30.3 Å². The Bertz CT molecular complexity index is 1060. The zero-order chi connectivity index (χ0) is 17.0. The van der Waals surface area contributed by atoms with Gasteiger partial charge in [-0.2, -0.15) is 0 Å². The van der Waals surface area contributed by atoms with Gasteiger partial charge in [0.05, 0.1) is 10.3 Å². The van der Waals surface area contributed by atoms with Crippen LogP contribution in [0.3, 0.4) is 0 Å². The van der Waals surface area contributed by atoms with Crippen molar-refractivity contribution < 1.29 is 19.3 Å². The van der Waals surface area contributed by atoms with E-state index in [4.69, 9.17) is 0 Å². The molecule has 0 bridgehead atoms. The van der Waals surface area contributed by atoms with Crippen molar-refractivity contribution in [3.8, 4) is 0 Å². The predicted molar refractivity (Wildman–Crippen MR) is 85.6 cm³/mol. The molecule has 2 aliphatic carbocycles. The van der Waals surface area contributed by atoms with Crippen LogP contribution in [0.25, 0.3) is 16.8 Å². The van der Waals surface area contributed by atoms with Gasteiger partial charge < -0.3 is 0 Å². The van der Waals surface area contributed by atoms with Crippen molar-refractivity contribution in [1.29, 1.82) is 0 Å². The van der Waals surface area contributed by atoms with Crippen LogP contribution in [0.1, 0.15) is 22.3 Å². The van der Waals surface area contributed by atoms with Gasteiger partial charge in [-0.15, -0.1) is 0 Å². The van der Waals surface area contributed by atoms with Gasteiger partial charge in [-0.25, -0.2) is 0 Å². The summed E-state index contributed by atoms with van der Waals surface area (Å²) in [4.78, 5) is 47.5. The minimum atomic E-state index is -0.720. The van der Waals surface area contributed by atoms with Crippen LogP contribution in [0, 0.1) is 10.1 Å². The fraction of sp³-hybridized carbons (Fsp3) is 0.0556. The molecule has 0 saturated carbocycles. The highest BCUT2D eigenvalue weighted by Gasteiger charge is 2.38. The molecule has 24 heavy (non-hydrogen) atoms. The lowest BCUT2D eigenvalue weighted by molar-refractivity contribution is -0.383. The van der Waals surface area contributed by atoms with Gasteiger partial charge in [-0.3, -0.25) is 24.5 Å². The average molecular weight is 319 g/mol. The van der Waals surface area contributed by atoms with Crippen molar-refractivity contribution in [2.75, 3.05) is 0 Å². The van der Waals surface area contributed by atoms with E-state index in [1.165, 1.54) is 12.2 Å². The Hall–Kier alpha value is -3.41. The van der Waals surface area contributed by atoms with Crippen LogP contribution in [-0.2, 0) is 9.59 Å². The predicted octanol–water partition coefficient (Wildman–Crippen LogP) is 2.80. The minimum Gasteiger partial charge on any atom is -0.290 e. The van der Waals surface area contributed by atoms with E-state index in [9.17, 15) is 24.5 Å². The van der Waals surface area contributed by atoms with Crippen LogP contribution < -0.4 is 0 Å². The smallest absolute Gasteiger partial charge is 0.288 e. The zero-order valence-corrected chi connectivity index (χ0v) is 12.2. The lowest BCUT2D eigenvalue weighted by Crippen LogP contribution is -2.27. The molecule has 116 valence electrons. The number of allylic oxidation sites excluding steroid dienone is 3. The van der Waals surface area contributed by atoms with Gasteiger partial charge in [-0.1, -0.05) is 24.3 Å². The van der Waals surface area contributed by atoms with Crippen molar-refractivity contribution >= 4 is 39.9 Å². The third kappa shape index (κ3) is 1.80. The van der Waals surface area contributed by atoms with E-state index in [-0.39, 0.29) is 28.8 Å². The summed E-state index contributed by atoms with van der Waals surface area (Å²) in [7, 11) is 0. The molecular weight excluding hydrogens is 310 g/mol.